The third-order valence-electron chi connectivity index (χ3n) is 6.47. The molecule has 1 aromatic heterocycles. The number of nitrogens with zero attached hydrogens (tertiary/aromatic N) is 2. The van der Waals surface area contributed by atoms with E-state index in [1.807, 2.05) is 23.1 Å². The molecule has 1 aromatic carbocycles. The number of aromatic amines is 1. The fraction of sp³-hybridized carbons (Fsp3) is 0.542. The fourth-order valence-corrected chi connectivity index (χ4v) is 4.68. The first-order valence-electron chi connectivity index (χ1n) is 11.6. The van der Waals surface area contributed by atoms with Crippen molar-refractivity contribution < 1.29 is 9.59 Å². The number of hydrogen-bond acceptors (Lipinski definition) is 4. The van der Waals surface area contributed by atoms with Crippen LogP contribution in [0.15, 0.2) is 36.7 Å². The molecule has 1 fully saturated rings. The number of imidazole rings is 1. The largest absolute Gasteiger partial charge is 0.354 e. The van der Waals surface area contributed by atoms with Crippen molar-refractivity contribution in [3.05, 3.63) is 53.6 Å². The van der Waals surface area contributed by atoms with Gasteiger partial charge in [-0.15, -0.1) is 0 Å². The Morgan fingerprint density at radius 1 is 1.19 bits per heavy atom. The summed E-state index contributed by atoms with van der Waals surface area (Å²) in [6, 6.07) is 9.83. The van der Waals surface area contributed by atoms with Crippen LogP contribution in [0.2, 0.25) is 0 Å². The van der Waals surface area contributed by atoms with Crippen LogP contribution in [-0.4, -0.2) is 59.0 Å². The minimum absolute atomic E-state index is 0.0272. The number of nitrogens with one attached hydrogen (secondary N) is 4. The Bertz CT molecular complexity index is 918. The van der Waals surface area contributed by atoms with E-state index in [-0.39, 0.29) is 23.5 Å². The maximum Gasteiger partial charge on any atom is 0.317 e. The fourth-order valence-electron chi connectivity index (χ4n) is 4.68. The monoisotopic (exact) mass is 438 g/mol. The van der Waals surface area contributed by atoms with E-state index in [0.717, 1.165) is 30.7 Å². The average Bonchev–Trinajstić information content (AvgIpc) is 3.28. The molecule has 2 aromatic rings. The predicted octanol–water partition coefficient (Wildman–Crippen LogP) is 1.94. The molecule has 0 bridgehead atoms. The third kappa shape index (κ3) is 4.96. The van der Waals surface area contributed by atoms with E-state index in [9.17, 15) is 9.59 Å². The normalized spacial score (nSPS) is 19.6. The molecule has 32 heavy (non-hydrogen) atoms. The lowest BCUT2D eigenvalue weighted by molar-refractivity contribution is -0.124. The van der Waals surface area contributed by atoms with Gasteiger partial charge >= 0.3 is 6.03 Å². The van der Waals surface area contributed by atoms with Crippen LogP contribution in [-0.2, 0) is 23.2 Å². The van der Waals surface area contributed by atoms with Crippen LogP contribution in [0, 0.1) is 5.92 Å². The molecule has 0 saturated carbocycles. The number of amides is 3. The summed E-state index contributed by atoms with van der Waals surface area (Å²) in [5.41, 5.74) is 2.85. The van der Waals surface area contributed by atoms with Gasteiger partial charge in [0.15, 0.2) is 0 Å². The third-order valence-corrected chi connectivity index (χ3v) is 6.47. The minimum Gasteiger partial charge on any atom is -0.354 e. The zero-order valence-electron chi connectivity index (χ0n) is 19.0. The molecule has 3 heterocycles. The van der Waals surface area contributed by atoms with E-state index in [4.69, 9.17) is 0 Å². The Labute approximate surface area is 189 Å². The highest BCUT2D eigenvalue weighted by molar-refractivity contribution is 5.82. The number of aromatic nitrogens is 2. The highest BCUT2D eigenvalue weighted by Gasteiger charge is 2.46. The quantitative estimate of drug-likeness (QED) is 0.554. The van der Waals surface area contributed by atoms with Gasteiger partial charge in [0.05, 0.1) is 23.6 Å². The topological polar surface area (TPSA) is 102 Å². The van der Waals surface area contributed by atoms with E-state index >= 15 is 0 Å². The minimum atomic E-state index is -0.381. The second-order valence-corrected chi connectivity index (χ2v) is 9.31. The highest BCUT2D eigenvalue weighted by atomic mass is 16.2. The van der Waals surface area contributed by atoms with Crippen LogP contribution >= 0.6 is 0 Å². The van der Waals surface area contributed by atoms with Crippen LogP contribution in [0.25, 0.3) is 0 Å². The Hall–Kier alpha value is -2.87. The average molecular weight is 439 g/mol. The summed E-state index contributed by atoms with van der Waals surface area (Å²) in [6.45, 7) is 6.70. The van der Waals surface area contributed by atoms with Crippen LogP contribution in [0.1, 0.15) is 43.6 Å². The van der Waals surface area contributed by atoms with Gasteiger partial charge in [-0.3, -0.25) is 10.1 Å². The van der Waals surface area contributed by atoms with Crippen molar-refractivity contribution in [3.63, 3.8) is 0 Å². The smallest absolute Gasteiger partial charge is 0.317 e. The van der Waals surface area contributed by atoms with Crippen molar-refractivity contribution in [2.75, 3.05) is 26.2 Å². The molecule has 2 aliphatic heterocycles. The maximum absolute atomic E-state index is 12.8. The van der Waals surface area contributed by atoms with Crippen LogP contribution in [0.3, 0.4) is 0 Å². The van der Waals surface area contributed by atoms with Crippen LogP contribution in [0.4, 0.5) is 4.79 Å². The van der Waals surface area contributed by atoms with Crippen molar-refractivity contribution in [3.8, 4) is 0 Å². The molecule has 1 spiro atoms. The van der Waals surface area contributed by atoms with Gasteiger partial charge in [-0.2, -0.15) is 0 Å². The van der Waals surface area contributed by atoms with E-state index < -0.39 is 0 Å². The van der Waals surface area contributed by atoms with Gasteiger partial charge in [-0.05, 0) is 30.7 Å². The van der Waals surface area contributed by atoms with E-state index in [1.165, 1.54) is 5.56 Å². The van der Waals surface area contributed by atoms with E-state index in [1.54, 1.807) is 6.33 Å². The van der Waals surface area contributed by atoms with Gasteiger partial charge < -0.3 is 20.5 Å². The Balaban J connectivity index is 1.34. The summed E-state index contributed by atoms with van der Waals surface area (Å²) >= 11 is 0. The number of urea groups is 1. The van der Waals surface area contributed by atoms with Gasteiger partial charge in [-0.1, -0.05) is 44.2 Å². The Kier molecular flexibility index (Phi) is 6.79. The van der Waals surface area contributed by atoms with Gasteiger partial charge in [0.2, 0.25) is 5.91 Å². The number of rotatable bonds is 6. The van der Waals surface area contributed by atoms with Gasteiger partial charge in [-0.25, -0.2) is 9.78 Å². The SMILES string of the molecule is CC(C)CNC(=O)[C@@H]1Cc2[nH]cnc2C2(CCN(C(=O)NCCc3ccccc3)CC2)N1. The standard InChI is InChI=1S/C24H34N6O2/c1-17(2)15-26-22(31)20-14-19-21(28-16-27-19)24(29-20)9-12-30(13-10-24)23(32)25-11-8-18-6-4-3-5-7-18/h3-7,16-17,20,29H,8-15H2,1-2H3,(H,25,32)(H,26,31)(H,27,28)/t20-/m0/s1. The number of carbonyl (C=O) groups is 2. The highest BCUT2D eigenvalue weighted by Crippen LogP contribution is 2.37. The number of fused-ring (bicyclic) bond motifs is 2. The zero-order valence-corrected chi connectivity index (χ0v) is 19.0. The molecule has 4 rings (SSSR count). The molecule has 1 saturated heterocycles. The number of piperidine rings is 1. The van der Waals surface area contributed by atoms with Gasteiger partial charge in [0, 0.05) is 38.3 Å². The van der Waals surface area contributed by atoms with E-state index in [2.05, 4.69) is 51.9 Å². The molecule has 3 amide bonds. The van der Waals surface area contributed by atoms with Crippen molar-refractivity contribution in [1.29, 1.82) is 0 Å². The van der Waals surface area contributed by atoms with Crippen molar-refractivity contribution in [2.45, 2.75) is 51.1 Å². The van der Waals surface area contributed by atoms with Crippen LogP contribution < -0.4 is 16.0 Å². The first kappa shape index (κ1) is 22.3. The van der Waals surface area contributed by atoms with Crippen molar-refractivity contribution in [1.82, 2.24) is 30.8 Å². The molecular formula is C24H34N6O2. The summed E-state index contributed by atoms with van der Waals surface area (Å²) < 4.78 is 0. The molecule has 4 N–H and O–H groups in total. The second kappa shape index (κ2) is 9.73. The predicted molar refractivity (Wildman–Crippen MR) is 123 cm³/mol. The Morgan fingerprint density at radius 2 is 1.94 bits per heavy atom. The molecule has 8 nitrogen and oxygen atoms in total. The molecule has 8 heteroatoms. The number of hydrogen-bond donors (Lipinski definition) is 4. The summed E-state index contributed by atoms with van der Waals surface area (Å²) in [4.78, 5) is 35.2. The summed E-state index contributed by atoms with van der Waals surface area (Å²) in [5.74, 6) is 0.433. The zero-order chi connectivity index (χ0) is 22.6. The number of H-pyrrole nitrogens is 1. The Morgan fingerprint density at radius 3 is 2.66 bits per heavy atom. The number of benzene rings is 1. The summed E-state index contributed by atoms with van der Waals surface area (Å²) in [7, 11) is 0. The molecule has 172 valence electrons. The van der Waals surface area contributed by atoms with E-state index in [0.29, 0.717) is 38.5 Å². The molecule has 0 radical (unpaired) electrons. The van der Waals surface area contributed by atoms with Gasteiger partial charge in [0.1, 0.15) is 0 Å². The van der Waals surface area contributed by atoms with Gasteiger partial charge in [0.25, 0.3) is 0 Å². The summed E-state index contributed by atoms with van der Waals surface area (Å²) in [6.07, 6.45) is 4.58. The first-order chi connectivity index (χ1) is 15.5. The molecule has 1 atom stereocenters. The number of likely N-dealkylation sites (tertiary alicyclic amines) is 1. The molecule has 0 aliphatic carbocycles. The lowest BCUT2D eigenvalue weighted by Crippen LogP contribution is -2.62. The maximum atomic E-state index is 12.8. The summed E-state index contributed by atoms with van der Waals surface area (Å²) in [5, 5.41) is 9.70. The van der Waals surface area contributed by atoms with Crippen molar-refractivity contribution >= 4 is 11.9 Å². The van der Waals surface area contributed by atoms with Crippen molar-refractivity contribution in [2.24, 2.45) is 5.92 Å². The lowest BCUT2D eigenvalue weighted by Gasteiger charge is -2.46. The lowest BCUT2D eigenvalue weighted by atomic mass is 9.78. The molecular weight excluding hydrogens is 404 g/mol. The second-order valence-electron chi connectivity index (χ2n) is 9.31. The number of carbonyl (C=O) groups excluding carboxylic acids is 2. The first-order valence-corrected chi connectivity index (χ1v) is 11.6. The molecule has 0 unspecified atom stereocenters. The molecule has 2 aliphatic rings. The van der Waals surface area contributed by atoms with Crippen LogP contribution in [0.5, 0.6) is 0 Å².